The highest BCUT2D eigenvalue weighted by atomic mass is 19.4. The molecule has 1 N–H and O–H groups in total. The third-order valence-corrected chi connectivity index (χ3v) is 2.92. The van der Waals surface area contributed by atoms with E-state index in [-0.39, 0.29) is 12.2 Å². The fourth-order valence-corrected chi connectivity index (χ4v) is 1.92. The summed E-state index contributed by atoms with van der Waals surface area (Å²) >= 11 is 0. The van der Waals surface area contributed by atoms with Gasteiger partial charge in [-0.25, -0.2) is 0 Å². The van der Waals surface area contributed by atoms with Crippen LogP contribution in [0.3, 0.4) is 0 Å². The van der Waals surface area contributed by atoms with Gasteiger partial charge in [0.2, 0.25) is 0 Å². The highest BCUT2D eigenvalue weighted by molar-refractivity contribution is 5.75. The molecule has 0 spiro atoms. The summed E-state index contributed by atoms with van der Waals surface area (Å²) in [5.74, 6) is -0.628. The standard InChI is InChI=1S/C14H14F3NO2/c15-14(16,17)11-2-1-3-12(9-11)20-13(19)8-10-4-6-18-7-5-10/h1-4,9,18H,5-8H2. The Hall–Kier alpha value is -1.82. The lowest BCUT2D eigenvalue weighted by Crippen LogP contribution is -2.22. The van der Waals surface area contributed by atoms with Crippen molar-refractivity contribution in [3.63, 3.8) is 0 Å². The minimum atomic E-state index is -4.44. The molecule has 3 nitrogen and oxygen atoms in total. The highest BCUT2D eigenvalue weighted by Gasteiger charge is 2.30. The predicted octanol–water partition coefficient (Wildman–Crippen LogP) is 2.92. The van der Waals surface area contributed by atoms with E-state index in [9.17, 15) is 18.0 Å². The molecule has 0 fully saturated rings. The van der Waals surface area contributed by atoms with Crippen molar-refractivity contribution >= 4 is 5.97 Å². The van der Waals surface area contributed by atoms with Crippen LogP contribution in [0.5, 0.6) is 5.75 Å². The molecule has 0 aromatic heterocycles. The molecular formula is C14H14F3NO2. The summed E-state index contributed by atoms with van der Waals surface area (Å²) in [6.07, 6.45) is -1.69. The summed E-state index contributed by atoms with van der Waals surface area (Å²) in [5.41, 5.74) is 0.115. The van der Waals surface area contributed by atoms with Crippen molar-refractivity contribution in [2.24, 2.45) is 0 Å². The molecule has 1 aromatic rings. The summed E-state index contributed by atoms with van der Waals surface area (Å²) in [6.45, 7) is 1.49. The van der Waals surface area contributed by atoms with Crippen LogP contribution in [0.15, 0.2) is 35.9 Å². The van der Waals surface area contributed by atoms with Crippen molar-refractivity contribution < 1.29 is 22.7 Å². The van der Waals surface area contributed by atoms with Crippen molar-refractivity contribution in [2.45, 2.75) is 19.0 Å². The highest BCUT2D eigenvalue weighted by Crippen LogP contribution is 2.31. The minimum Gasteiger partial charge on any atom is -0.426 e. The molecule has 2 rings (SSSR count). The first-order valence-corrected chi connectivity index (χ1v) is 6.22. The van der Waals surface area contributed by atoms with Crippen LogP contribution in [0, 0.1) is 0 Å². The summed E-state index contributed by atoms with van der Waals surface area (Å²) < 4.78 is 42.5. The van der Waals surface area contributed by atoms with Crippen LogP contribution < -0.4 is 10.1 Å². The largest absolute Gasteiger partial charge is 0.426 e. The molecule has 20 heavy (non-hydrogen) atoms. The van der Waals surface area contributed by atoms with Crippen LogP contribution in [0.4, 0.5) is 13.2 Å². The van der Waals surface area contributed by atoms with E-state index < -0.39 is 17.7 Å². The molecule has 0 bridgehead atoms. The Bertz CT molecular complexity index is 523. The van der Waals surface area contributed by atoms with Crippen LogP contribution >= 0.6 is 0 Å². The maximum atomic E-state index is 12.5. The summed E-state index contributed by atoms with van der Waals surface area (Å²) in [4.78, 5) is 11.7. The van der Waals surface area contributed by atoms with Gasteiger partial charge in [-0.1, -0.05) is 17.7 Å². The Kier molecular flexibility index (Phi) is 4.44. The van der Waals surface area contributed by atoms with Gasteiger partial charge in [0.25, 0.3) is 0 Å². The predicted molar refractivity (Wildman–Crippen MR) is 67.3 cm³/mol. The van der Waals surface area contributed by atoms with Gasteiger partial charge in [0.15, 0.2) is 0 Å². The van der Waals surface area contributed by atoms with Gasteiger partial charge in [0, 0.05) is 6.54 Å². The molecule has 0 saturated carbocycles. The topological polar surface area (TPSA) is 38.3 Å². The number of benzene rings is 1. The molecule has 0 aliphatic carbocycles. The van der Waals surface area contributed by atoms with Crippen LogP contribution in [0.1, 0.15) is 18.4 Å². The number of nitrogens with one attached hydrogen (secondary N) is 1. The lowest BCUT2D eigenvalue weighted by Gasteiger charge is -2.13. The zero-order valence-electron chi connectivity index (χ0n) is 10.7. The second kappa shape index (κ2) is 6.09. The zero-order valence-corrected chi connectivity index (χ0v) is 10.7. The maximum absolute atomic E-state index is 12.5. The molecule has 0 radical (unpaired) electrons. The molecule has 108 valence electrons. The van der Waals surface area contributed by atoms with Crippen molar-refractivity contribution in [1.82, 2.24) is 5.32 Å². The van der Waals surface area contributed by atoms with Crippen molar-refractivity contribution in [3.8, 4) is 5.75 Å². The SMILES string of the molecule is O=C(CC1=CCNCC1)Oc1cccc(C(F)(F)F)c1. The van der Waals surface area contributed by atoms with Gasteiger partial charge in [-0.05, 0) is 31.2 Å². The van der Waals surface area contributed by atoms with Gasteiger partial charge in [-0.15, -0.1) is 0 Å². The number of hydrogen-bond acceptors (Lipinski definition) is 3. The number of alkyl halides is 3. The van der Waals surface area contributed by atoms with E-state index in [1.807, 2.05) is 6.08 Å². The van der Waals surface area contributed by atoms with E-state index in [0.29, 0.717) is 6.54 Å². The smallest absolute Gasteiger partial charge is 0.416 e. The number of carbonyl (C=O) groups is 1. The first kappa shape index (κ1) is 14.6. The summed E-state index contributed by atoms with van der Waals surface area (Å²) in [5, 5.41) is 3.11. The average molecular weight is 285 g/mol. The number of esters is 1. The first-order valence-electron chi connectivity index (χ1n) is 6.22. The quantitative estimate of drug-likeness (QED) is 0.527. The fraction of sp³-hybridized carbons (Fsp3) is 0.357. The lowest BCUT2D eigenvalue weighted by atomic mass is 10.1. The number of halogens is 3. The van der Waals surface area contributed by atoms with Crippen LogP contribution in [-0.4, -0.2) is 19.1 Å². The van der Waals surface area contributed by atoms with E-state index in [0.717, 1.165) is 30.7 Å². The van der Waals surface area contributed by atoms with E-state index in [1.165, 1.54) is 12.1 Å². The Labute approximate surface area is 114 Å². The van der Waals surface area contributed by atoms with E-state index in [1.54, 1.807) is 0 Å². The van der Waals surface area contributed by atoms with Gasteiger partial charge in [-0.2, -0.15) is 13.2 Å². The summed E-state index contributed by atoms with van der Waals surface area (Å²) in [6, 6.07) is 4.32. The van der Waals surface area contributed by atoms with E-state index in [4.69, 9.17) is 4.74 Å². The lowest BCUT2D eigenvalue weighted by molar-refractivity contribution is -0.138. The second-order valence-corrected chi connectivity index (χ2v) is 4.49. The number of carbonyl (C=O) groups excluding carboxylic acids is 1. The summed E-state index contributed by atoms with van der Waals surface area (Å²) in [7, 11) is 0. The van der Waals surface area contributed by atoms with Crippen molar-refractivity contribution in [2.75, 3.05) is 13.1 Å². The Morgan fingerprint density at radius 1 is 1.35 bits per heavy atom. The Morgan fingerprint density at radius 3 is 2.80 bits per heavy atom. The van der Waals surface area contributed by atoms with E-state index in [2.05, 4.69) is 5.32 Å². The third kappa shape index (κ3) is 4.09. The average Bonchev–Trinajstić information content (AvgIpc) is 2.39. The normalized spacial score (nSPS) is 15.7. The molecule has 0 saturated heterocycles. The van der Waals surface area contributed by atoms with Crippen molar-refractivity contribution in [1.29, 1.82) is 0 Å². The minimum absolute atomic E-state index is 0.0839. The number of rotatable bonds is 3. The van der Waals surface area contributed by atoms with Gasteiger partial charge in [0.05, 0.1) is 12.0 Å². The molecule has 1 aliphatic heterocycles. The van der Waals surface area contributed by atoms with Gasteiger partial charge in [-0.3, -0.25) is 4.79 Å². The molecule has 0 unspecified atom stereocenters. The van der Waals surface area contributed by atoms with Gasteiger partial charge >= 0.3 is 12.1 Å². The number of ether oxygens (including phenoxy) is 1. The number of hydrogen-bond donors (Lipinski definition) is 1. The zero-order chi connectivity index (χ0) is 14.6. The molecule has 1 aromatic carbocycles. The molecule has 1 heterocycles. The molecule has 1 aliphatic rings. The first-order chi connectivity index (χ1) is 9.45. The van der Waals surface area contributed by atoms with Crippen LogP contribution in [0.25, 0.3) is 0 Å². The monoisotopic (exact) mass is 285 g/mol. The van der Waals surface area contributed by atoms with Crippen LogP contribution in [0.2, 0.25) is 0 Å². The molecule has 0 amide bonds. The third-order valence-electron chi connectivity index (χ3n) is 2.92. The maximum Gasteiger partial charge on any atom is 0.416 e. The molecule has 6 heteroatoms. The van der Waals surface area contributed by atoms with Gasteiger partial charge < -0.3 is 10.1 Å². The second-order valence-electron chi connectivity index (χ2n) is 4.49. The van der Waals surface area contributed by atoms with Crippen LogP contribution in [-0.2, 0) is 11.0 Å². The van der Waals surface area contributed by atoms with Crippen molar-refractivity contribution in [3.05, 3.63) is 41.5 Å². The Balaban J connectivity index is 1.99. The molecule has 0 atom stereocenters. The van der Waals surface area contributed by atoms with Gasteiger partial charge in [0.1, 0.15) is 5.75 Å². The fourth-order valence-electron chi connectivity index (χ4n) is 1.92. The molecular weight excluding hydrogens is 271 g/mol. The van der Waals surface area contributed by atoms with E-state index >= 15 is 0 Å². The Morgan fingerprint density at radius 2 is 2.15 bits per heavy atom.